The summed E-state index contributed by atoms with van der Waals surface area (Å²) in [4.78, 5) is 34.3. The average Bonchev–Trinajstić information content (AvgIpc) is 3.46. The van der Waals surface area contributed by atoms with Gasteiger partial charge in [-0.25, -0.2) is 19.2 Å². The van der Waals surface area contributed by atoms with E-state index in [0.29, 0.717) is 30.7 Å². The molecule has 0 spiro atoms. The van der Waals surface area contributed by atoms with E-state index >= 15 is 0 Å². The summed E-state index contributed by atoms with van der Waals surface area (Å²) in [6.45, 7) is 7.87. The summed E-state index contributed by atoms with van der Waals surface area (Å²) < 4.78 is 29.3. The molecule has 0 aliphatic heterocycles. The molecule has 11 nitrogen and oxygen atoms in total. The molecule has 1 aromatic carbocycles. The Balaban J connectivity index is 1.52. The van der Waals surface area contributed by atoms with Crippen LogP contribution in [0.2, 0.25) is 0 Å². The number of aryl methyl sites for hydroxylation is 1. The van der Waals surface area contributed by atoms with E-state index < -0.39 is 17.5 Å². The topological polar surface area (TPSA) is 112 Å². The molecule has 12 heteroatoms. The van der Waals surface area contributed by atoms with Crippen molar-refractivity contribution in [3.05, 3.63) is 71.2 Å². The number of hydrogen-bond acceptors (Lipinski definition) is 7. The number of ether oxygens (including phenoxy) is 2. The van der Waals surface area contributed by atoms with Crippen LogP contribution in [0.1, 0.15) is 48.2 Å². The normalized spacial score (nSPS) is 11.5. The van der Waals surface area contributed by atoms with Crippen molar-refractivity contribution in [1.29, 1.82) is 0 Å². The molecule has 0 bridgehead atoms. The molecule has 0 fully saturated rings. The number of nitrogens with one attached hydrogen (secondary N) is 1. The number of rotatable bonds is 10. The molecule has 0 unspecified atom stereocenters. The van der Waals surface area contributed by atoms with Crippen LogP contribution in [0.5, 0.6) is 5.75 Å². The van der Waals surface area contributed by atoms with Crippen LogP contribution in [0.4, 0.5) is 9.18 Å². The van der Waals surface area contributed by atoms with Crippen molar-refractivity contribution < 1.29 is 28.3 Å². The molecular formula is C30H37FN6O5. The van der Waals surface area contributed by atoms with Crippen LogP contribution in [0.15, 0.2) is 42.7 Å². The van der Waals surface area contributed by atoms with Crippen molar-refractivity contribution in [3.63, 3.8) is 0 Å². The summed E-state index contributed by atoms with van der Waals surface area (Å²) in [6, 6.07) is 8.17. The molecular weight excluding hydrogens is 543 g/mol. The fourth-order valence-corrected chi connectivity index (χ4v) is 4.45. The number of amides is 2. The van der Waals surface area contributed by atoms with E-state index in [-0.39, 0.29) is 18.2 Å². The van der Waals surface area contributed by atoms with Gasteiger partial charge in [-0.15, -0.1) is 0 Å². The maximum atomic E-state index is 14.3. The van der Waals surface area contributed by atoms with E-state index in [2.05, 4.69) is 15.4 Å². The second kappa shape index (κ2) is 12.6. The molecule has 0 saturated heterocycles. The molecule has 3 aromatic heterocycles. The zero-order valence-electron chi connectivity index (χ0n) is 25.0. The highest BCUT2D eigenvalue weighted by atomic mass is 19.1. The van der Waals surface area contributed by atoms with Crippen LogP contribution >= 0.6 is 0 Å². The molecule has 4 rings (SSSR count). The van der Waals surface area contributed by atoms with Gasteiger partial charge in [-0.1, -0.05) is 0 Å². The fraction of sp³-hybridized carbons (Fsp3) is 0.400. The van der Waals surface area contributed by atoms with Crippen molar-refractivity contribution in [2.24, 2.45) is 7.05 Å². The molecule has 0 atom stereocenters. The quantitative estimate of drug-likeness (QED) is 0.275. The lowest BCUT2D eigenvalue weighted by molar-refractivity contribution is -0.0761. The molecule has 224 valence electrons. The Morgan fingerprint density at radius 1 is 1.14 bits per heavy atom. The minimum atomic E-state index is -0.575. The molecule has 0 radical (unpaired) electrons. The lowest BCUT2D eigenvalue weighted by Gasteiger charge is -2.19. The number of carbonyl (C=O) groups is 2. The fourth-order valence-electron chi connectivity index (χ4n) is 4.45. The van der Waals surface area contributed by atoms with Gasteiger partial charge in [0.05, 0.1) is 13.7 Å². The minimum Gasteiger partial charge on any atom is -0.492 e. The second-order valence-electron chi connectivity index (χ2n) is 10.8. The van der Waals surface area contributed by atoms with Crippen LogP contribution in [0.3, 0.4) is 0 Å². The number of fused-ring (bicyclic) bond motifs is 1. The zero-order valence-corrected chi connectivity index (χ0v) is 25.0. The maximum Gasteiger partial charge on any atom is 0.407 e. The summed E-state index contributed by atoms with van der Waals surface area (Å²) in [5.74, 6) is -0.430. The number of nitrogens with zero attached hydrogens (tertiary/aromatic N) is 5. The predicted octanol–water partition coefficient (Wildman–Crippen LogP) is 4.50. The highest BCUT2D eigenvalue weighted by Gasteiger charge is 2.23. The molecule has 4 aromatic rings. The van der Waals surface area contributed by atoms with Crippen molar-refractivity contribution in [2.45, 2.75) is 46.1 Å². The van der Waals surface area contributed by atoms with E-state index in [0.717, 1.165) is 33.2 Å². The molecule has 3 heterocycles. The number of hydrogen-bond donors (Lipinski definition) is 1. The first-order valence-electron chi connectivity index (χ1n) is 13.6. The first kappa shape index (κ1) is 30.5. The van der Waals surface area contributed by atoms with Crippen molar-refractivity contribution in [2.75, 3.05) is 27.3 Å². The Morgan fingerprint density at radius 2 is 1.90 bits per heavy atom. The van der Waals surface area contributed by atoms with Gasteiger partial charge in [0.2, 0.25) is 0 Å². The number of hydroxylamine groups is 2. The summed E-state index contributed by atoms with van der Waals surface area (Å²) in [5.41, 5.74) is 4.38. The van der Waals surface area contributed by atoms with Gasteiger partial charge < -0.3 is 19.2 Å². The van der Waals surface area contributed by atoms with E-state index in [1.807, 2.05) is 50.4 Å². The van der Waals surface area contributed by atoms with E-state index in [1.54, 1.807) is 24.0 Å². The monoisotopic (exact) mass is 580 g/mol. The summed E-state index contributed by atoms with van der Waals surface area (Å²) in [6.07, 6.45) is 4.10. The number of alkyl carbamates (subject to hydrolysis) is 1. The predicted molar refractivity (Wildman–Crippen MR) is 155 cm³/mol. The molecule has 0 aliphatic carbocycles. The standard InChI is InChI=1S/C30H37FN6O5/c1-19-23(27(34-35(19)5)28(38)36(6)40-7)13-15-41-25-16-21(31)9-10-24(25)20-8-11-26-33-17-22(37(26)18-20)12-14-32-29(39)42-30(2,3)4/h8-11,16-18H,12-15H2,1-7H3,(H,32,39). The minimum absolute atomic E-state index is 0.189. The van der Waals surface area contributed by atoms with Crippen LogP contribution in [-0.2, 0) is 29.5 Å². The molecule has 42 heavy (non-hydrogen) atoms. The third-order valence-electron chi connectivity index (χ3n) is 6.72. The van der Waals surface area contributed by atoms with Crippen LogP contribution < -0.4 is 10.1 Å². The highest BCUT2D eigenvalue weighted by Crippen LogP contribution is 2.32. The van der Waals surface area contributed by atoms with Crippen molar-refractivity contribution in [3.8, 4) is 16.9 Å². The Kier molecular flexibility index (Phi) is 9.15. The van der Waals surface area contributed by atoms with Gasteiger partial charge in [-0.05, 0) is 52.0 Å². The lowest BCUT2D eigenvalue weighted by Crippen LogP contribution is -2.33. The average molecular weight is 581 g/mol. The van der Waals surface area contributed by atoms with E-state index in [9.17, 15) is 14.0 Å². The number of halogens is 1. The Hall–Kier alpha value is -4.45. The molecule has 1 N–H and O–H groups in total. The summed E-state index contributed by atoms with van der Waals surface area (Å²) >= 11 is 0. The Morgan fingerprint density at radius 3 is 2.62 bits per heavy atom. The first-order chi connectivity index (χ1) is 19.9. The third kappa shape index (κ3) is 7.06. The van der Waals surface area contributed by atoms with Crippen LogP contribution in [0.25, 0.3) is 16.8 Å². The highest BCUT2D eigenvalue weighted by molar-refractivity contribution is 5.93. The smallest absolute Gasteiger partial charge is 0.407 e. The largest absolute Gasteiger partial charge is 0.492 e. The van der Waals surface area contributed by atoms with Crippen LogP contribution in [0, 0.1) is 12.7 Å². The van der Waals surface area contributed by atoms with Crippen molar-refractivity contribution in [1.82, 2.24) is 29.5 Å². The Labute approximate surface area is 244 Å². The van der Waals surface area contributed by atoms with Gasteiger partial charge in [0, 0.05) is 80.0 Å². The SMILES string of the molecule is CON(C)C(=O)c1nn(C)c(C)c1CCOc1cc(F)ccc1-c1ccc2ncc(CCNC(=O)OC(C)(C)C)n2c1. The third-order valence-corrected chi connectivity index (χ3v) is 6.72. The second-order valence-corrected chi connectivity index (χ2v) is 10.8. The van der Waals surface area contributed by atoms with Gasteiger partial charge >= 0.3 is 6.09 Å². The number of benzene rings is 1. The van der Waals surface area contributed by atoms with Crippen LogP contribution in [-0.4, -0.2) is 69.1 Å². The molecule has 0 saturated carbocycles. The van der Waals surface area contributed by atoms with Gasteiger partial charge in [-0.3, -0.25) is 14.3 Å². The van der Waals surface area contributed by atoms with Crippen molar-refractivity contribution >= 4 is 17.6 Å². The number of imidazole rings is 1. The van der Waals surface area contributed by atoms with E-state index in [1.165, 1.54) is 26.3 Å². The van der Waals surface area contributed by atoms with E-state index in [4.69, 9.17) is 14.3 Å². The first-order valence-corrected chi connectivity index (χ1v) is 13.6. The van der Waals surface area contributed by atoms with Gasteiger partial charge in [0.1, 0.15) is 22.8 Å². The number of aromatic nitrogens is 4. The summed E-state index contributed by atoms with van der Waals surface area (Å²) in [7, 11) is 4.70. The maximum absolute atomic E-state index is 14.3. The molecule has 0 aliphatic rings. The summed E-state index contributed by atoms with van der Waals surface area (Å²) in [5, 5.41) is 8.24. The Bertz CT molecular complexity index is 1590. The zero-order chi connectivity index (χ0) is 30.6. The number of carbonyl (C=O) groups excluding carboxylic acids is 2. The van der Waals surface area contributed by atoms with Gasteiger partial charge in [-0.2, -0.15) is 5.10 Å². The lowest BCUT2D eigenvalue weighted by atomic mass is 10.1. The molecule has 2 amide bonds. The van der Waals surface area contributed by atoms with Gasteiger partial charge in [0.25, 0.3) is 5.91 Å². The van der Waals surface area contributed by atoms with Gasteiger partial charge in [0.15, 0.2) is 5.69 Å². The number of pyridine rings is 1.